The molecule has 0 aromatic heterocycles. The van der Waals surface area contributed by atoms with Crippen molar-refractivity contribution in [2.24, 2.45) is 5.92 Å². The third-order valence-corrected chi connectivity index (χ3v) is 3.81. The summed E-state index contributed by atoms with van der Waals surface area (Å²) in [6.45, 7) is 8.49. The average molecular weight is 292 g/mol. The number of ether oxygens (including phenoxy) is 2. The van der Waals surface area contributed by atoms with E-state index in [1.807, 2.05) is 0 Å². The van der Waals surface area contributed by atoms with Crippen molar-refractivity contribution in [2.45, 2.75) is 59.0 Å². The summed E-state index contributed by atoms with van der Waals surface area (Å²) in [5.41, 5.74) is 0.737. The molecule has 1 heterocycles. The standard InChI is InChI=1S/C18H28O3/c1-6-9-10-14(7-2)12-18(4)13-15(8-3)16(21-18)11-17(19)20-5/h9-11,13-14H,6-8,12H2,1-5H3/b10-9+,16-11-. The Morgan fingerprint density at radius 1 is 1.43 bits per heavy atom. The maximum absolute atomic E-state index is 11.4. The van der Waals surface area contributed by atoms with Crippen molar-refractivity contribution in [3.63, 3.8) is 0 Å². The Bertz CT molecular complexity index is 445. The van der Waals surface area contributed by atoms with Crippen molar-refractivity contribution in [1.82, 2.24) is 0 Å². The molecular weight excluding hydrogens is 264 g/mol. The summed E-state index contributed by atoms with van der Waals surface area (Å²) in [4.78, 5) is 11.4. The molecule has 1 aliphatic heterocycles. The summed E-state index contributed by atoms with van der Waals surface area (Å²) in [5.74, 6) is 0.773. The van der Waals surface area contributed by atoms with Crippen molar-refractivity contribution in [3.05, 3.63) is 35.6 Å². The topological polar surface area (TPSA) is 35.5 Å². The van der Waals surface area contributed by atoms with Gasteiger partial charge >= 0.3 is 5.97 Å². The van der Waals surface area contributed by atoms with Gasteiger partial charge in [0, 0.05) is 0 Å². The van der Waals surface area contributed by atoms with Crippen molar-refractivity contribution < 1.29 is 14.3 Å². The third-order valence-electron chi connectivity index (χ3n) is 3.81. The second-order valence-electron chi connectivity index (χ2n) is 5.68. The fourth-order valence-electron chi connectivity index (χ4n) is 2.65. The molecule has 0 aromatic carbocycles. The predicted molar refractivity (Wildman–Crippen MR) is 85.8 cm³/mol. The quantitative estimate of drug-likeness (QED) is 0.392. The molecule has 0 saturated heterocycles. The van der Waals surface area contributed by atoms with Crippen LogP contribution in [0.5, 0.6) is 0 Å². The van der Waals surface area contributed by atoms with Crippen LogP contribution in [-0.2, 0) is 14.3 Å². The predicted octanol–water partition coefficient (Wildman–Crippen LogP) is 4.55. The van der Waals surface area contributed by atoms with Crippen LogP contribution in [0, 0.1) is 5.92 Å². The van der Waals surface area contributed by atoms with Gasteiger partial charge in [-0.25, -0.2) is 4.79 Å². The smallest absolute Gasteiger partial charge is 0.334 e. The monoisotopic (exact) mass is 292 g/mol. The molecule has 21 heavy (non-hydrogen) atoms. The molecule has 2 unspecified atom stereocenters. The Hall–Kier alpha value is -1.51. The maximum Gasteiger partial charge on any atom is 0.334 e. The Morgan fingerprint density at radius 3 is 2.67 bits per heavy atom. The number of methoxy groups -OCH3 is 1. The summed E-state index contributed by atoms with van der Waals surface area (Å²) in [7, 11) is 1.38. The van der Waals surface area contributed by atoms with E-state index in [0.717, 1.165) is 31.3 Å². The number of hydrogen-bond acceptors (Lipinski definition) is 3. The average Bonchev–Trinajstić information content (AvgIpc) is 2.79. The summed E-state index contributed by atoms with van der Waals surface area (Å²) in [6, 6.07) is 0. The van der Waals surface area contributed by atoms with Gasteiger partial charge in [-0.1, -0.05) is 32.9 Å². The van der Waals surface area contributed by atoms with Crippen molar-refractivity contribution in [2.75, 3.05) is 7.11 Å². The lowest BCUT2D eigenvalue weighted by Gasteiger charge is -2.26. The maximum atomic E-state index is 11.4. The Balaban J connectivity index is 2.88. The van der Waals surface area contributed by atoms with Gasteiger partial charge < -0.3 is 9.47 Å². The molecular formula is C18H28O3. The Kier molecular flexibility index (Phi) is 6.73. The molecule has 0 aromatic rings. The number of carbonyl (C=O) groups excluding carboxylic acids is 1. The SMILES string of the molecule is CC/C=C/C(CC)CC1(C)C=C(CC)/C(=C/C(=O)OC)O1. The Labute approximate surface area is 128 Å². The van der Waals surface area contributed by atoms with Gasteiger partial charge in [0.2, 0.25) is 0 Å². The van der Waals surface area contributed by atoms with Crippen molar-refractivity contribution in [1.29, 1.82) is 0 Å². The first-order chi connectivity index (χ1) is 9.97. The van der Waals surface area contributed by atoms with Crippen LogP contribution in [-0.4, -0.2) is 18.7 Å². The molecule has 3 nitrogen and oxygen atoms in total. The van der Waals surface area contributed by atoms with E-state index in [9.17, 15) is 4.79 Å². The van der Waals surface area contributed by atoms with Gasteiger partial charge in [-0.15, -0.1) is 0 Å². The molecule has 0 spiro atoms. The lowest BCUT2D eigenvalue weighted by Crippen LogP contribution is -2.25. The molecule has 1 rings (SSSR count). The highest BCUT2D eigenvalue weighted by Crippen LogP contribution is 2.38. The summed E-state index contributed by atoms with van der Waals surface area (Å²) < 4.78 is 10.8. The zero-order valence-corrected chi connectivity index (χ0v) is 13.9. The van der Waals surface area contributed by atoms with Crippen LogP contribution in [0.2, 0.25) is 0 Å². The van der Waals surface area contributed by atoms with Gasteiger partial charge in [-0.2, -0.15) is 0 Å². The molecule has 0 bridgehead atoms. The lowest BCUT2D eigenvalue weighted by molar-refractivity contribution is -0.135. The lowest BCUT2D eigenvalue weighted by atomic mass is 9.89. The zero-order valence-electron chi connectivity index (χ0n) is 13.9. The van der Waals surface area contributed by atoms with Crippen LogP contribution in [0.25, 0.3) is 0 Å². The molecule has 3 heteroatoms. The molecule has 118 valence electrons. The second kappa shape index (κ2) is 8.06. The molecule has 0 N–H and O–H groups in total. The number of rotatable bonds is 7. The highest BCUT2D eigenvalue weighted by Gasteiger charge is 2.34. The van der Waals surface area contributed by atoms with E-state index >= 15 is 0 Å². The fourth-order valence-corrected chi connectivity index (χ4v) is 2.65. The highest BCUT2D eigenvalue weighted by atomic mass is 16.5. The van der Waals surface area contributed by atoms with E-state index < -0.39 is 0 Å². The van der Waals surface area contributed by atoms with E-state index in [-0.39, 0.29) is 11.6 Å². The molecule has 0 saturated carbocycles. The van der Waals surface area contributed by atoms with Crippen molar-refractivity contribution >= 4 is 5.97 Å². The Morgan fingerprint density at radius 2 is 2.14 bits per heavy atom. The van der Waals surface area contributed by atoms with Gasteiger partial charge in [0.05, 0.1) is 13.2 Å². The largest absolute Gasteiger partial charge is 0.483 e. The number of hydrogen-bond donors (Lipinski definition) is 0. The van der Waals surface area contributed by atoms with Crippen LogP contribution in [0.15, 0.2) is 35.6 Å². The summed E-state index contributed by atoms with van der Waals surface area (Å²) in [6.07, 6.45) is 12.0. The summed E-state index contributed by atoms with van der Waals surface area (Å²) in [5, 5.41) is 0. The fraction of sp³-hybridized carbons (Fsp3) is 0.611. The van der Waals surface area contributed by atoms with Gasteiger partial charge in [0.15, 0.2) is 0 Å². The first-order valence-corrected chi connectivity index (χ1v) is 7.85. The molecule has 0 amide bonds. The van der Waals surface area contributed by atoms with Crippen LogP contribution >= 0.6 is 0 Å². The van der Waals surface area contributed by atoms with E-state index in [1.54, 1.807) is 0 Å². The minimum absolute atomic E-state index is 0.343. The van der Waals surface area contributed by atoms with E-state index in [1.165, 1.54) is 13.2 Å². The second-order valence-corrected chi connectivity index (χ2v) is 5.68. The van der Waals surface area contributed by atoms with Crippen LogP contribution in [0.4, 0.5) is 0 Å². The molecule has 2 atom stereocenters. The first-order valence-electron chi connectivity index (χ1n) is 7.85. The van der Waals surface area contributed by atoms with Crippen LogP contribution < -0.4 is 0 Å². The number of allylic oxidation sites excluding steroid dienone is 3. The van der Waals surface area contributed by atoms with E-state index in [0.29, 0.717) is 11.7 Å². The van der Waals surface area contributed by atoms with Crippen LogP contribution in [0.1, 0.15) is 53.4 Å². The summed E-state index contributed by atoms with van der Waals surface area (Å²) >= 11 is 0. The van der Waals surface area contributed by atoms with Gasteiger partial charge in [-0.05, 0) is 50.2 Å². The molecule has 0 radical (unpaired) electrons. The normalized spacial score (nSPS) is 25.0. The number of carbonyl (C=O) groups is 1. The molecule has 0 fully saturated rings. The van der Waals surface area contributed by atoms with Crippen LogP contribution in [0.3, 0.4) is 0 Å². The molecule has 1 aliphatic rings. The minimum atomic E-state index is -0.369. The highest BCUT2D eigenvalue weighted by molar-refractivity contribution is 5.83. The minimum Gasteiger partial charge on any atom is -0.483 e. The number of esters is 1. The van der Waals surface area contributed by atoms with Gasteiger partial charge in [0.1, 0.15) is 11.4 Å². The van der Waals surface area contributed by atoms with Gasteiger partial charge in [-0.3, -0.25) is 0 Å². The zero-order chi connectivity index (χ0) is 15.9. The third kappa shape index (κ3) is 5.07. The van der Waals surface area contributed by atoms with Gasteiger partial charge in [0.25, 0.3) is 0 Å². The van der Waals surface area contributed by atoms with E-state index in [2.05, 4.69) is 45.9 Å². The molecule has 0 aliphatic carbocycles. The first kappa shape index (κ1) is 17.5. The van der Waals surface area contributed by atoms with E-state index in [4.69, 9.17) is 9.47 Å². The van der Waals surface area contributed by atoms with Crippen molar-refractivity contribution in [3.8, 4) is 0 Å².